The molecule has 5 nitrogen and oxygen atoms in total. The maximum atomic E-state index is 11.3. The van der Waals surface area contributed by atoms with Crippen LogP contribution in [0.5, 0.6) is 0 Å². The van der Waals surface area contributed by atoms with E-state index in [0.717, 1.165) is 4.90 Å². The fraction of sp³-hybridized carbons (Fsp3) is 0.556. The highest BCUT2D eigenvalue weighted by Crippen LogP contribution is 2.19. The molecular formula is C9H11NO4S. The molecule has 0 bridgehead atoms. The molecule has 0 spiro atoms. The number of hydrogen-bond acceptors (Lipinski definition) is 4. The van der Waals surface area contributed by atoms with Crippen LogP contribution in [0.1, 0.15) is 26.2 Å². The Morgan fingerprint density at radius 3 is 2.13 bits per heavy atom. The zero-order valence-corrected chi connectivity index (χ0v) is 9.12. The largest absolute Gasteiger partial charge is 0.300 e. The van der Waals surface area contributed by atoms with Gasteiger partial charge >= 0.3 is 0 Å². The molecule has 0 aliphatic carbocycles. The molecule has 0 N–H and O–H groups in total. The lowest BCUT2D eigenvalue weighted by molar-refractivity contribution is -0.144. The lowest BCUT2D eigenvalue weighted by Gasteiger charge is -2.22. The minimum Gasteiger partial charge on any atom is -0.300 e. The summed E-state index contributed by atoms with van der Waals surface area (Å²) in [6.07, 6.45) is 0.0579. The van der Waals surface area contributed by atoms with Crippen molar-refractivity contribution in [3.63, 3.8) is 0 Å². The van der Waals surface area contributed by atoms with E-state index in [9.17, 15) is 19.2 Å². The topological polar surface area (TPSA) is 71.5 Å². The summed E-state index contributed by atoms with van der Waals surface area (Å²) in [5, 5.41) is -0.631. The Kier molecular flexibility index (Phi) is 3.62. The van der Waals surface area contributed by atoms with E-state index < -0.39 is 23.0 Å². The molecule has 0 saturated carbocycles. The van der Waals surface area contributed by atoms with Gasteiger partial charge in [-0.1, -0.05) is 0 Å². The lowest BCUT2D eigenvalue weighted by atomic mass is 10.1. The van der Waals surface area contributed by atoms with Crippen LogP contribution in [0.3, 0.4) is 0 Å². The fourth-order valence-corrected chi connectivity index (χ4v) is 1.71. The van der Waals surface area contributed by atoms with Gasteiger partial charge in [-0.05, 0) is 6.92 Å². The molecule has 1 aliphatic rings. The number of imide groups is 1. The van der Waals surface area contributed by atoms with Gasteiger partial charge in [0.25, 0.3) is 0 Å². The number of carbonyl (C=O) groups excluding carboxylic acids is 4. The van der Waals surface area contributed by atoms with E-state index >= 15 is 0 Å². The summed E-state index contributed by atoms with van der Waals surface area (Å²) >= 11 is 3.59. The number of hydrogen-bond donors (Lipinski definition) is 1. The lowest BCUT2D eigenvalue weighted by Crippen LogP contribution is -2.44. The summed E-state index contributed by atoms with van der Waals surface area (Å²) in [4.78, 5) is 45.5. The maximum absolute atomic E-state index is 11.3. The Balaban J connectivity index is 2.88. The van der Waals surface area contributed by atoms with Gasteiger partial charge in [0, 0.05) is 19.3 Å². The van der Waals surface area contributed by atoms with Crippen molar-refractivity contribution in [1.82, 2.24) is 4.90 Å². The highest BCUT2D eigenvalue weighted by molar-refractivity contribution is 7.96. The average Bonchev–Trinajstić information content (AvgIpc) is 2.42. The second kappa shape index (κ2) is 4.57. The van der Waals surface area contributed by atoms with Crippen molar-refractivity contribution in [2.45, 2.75) is 32.2 Å². The normalized spacial score (nSPS) is 18.1. The summed E-state index contributed by atoms with van der Waals surface area (Å²) in [5.74, 6) is -1.07. The van der Waals surface area contributed by atoms with Gasteiger partial charge in [-0.15, -0.1) is 12.6 Å². The van der Waals surface area contributed by atoms with E-state index in [0.29, 0.717) is 0 Å². The van der Waals surface area contributed by atoms with Crippen LogP contribution in [-0.2, 0) is 19.2 Å². The third-order valence-electron chi connectivity index (χ3n) is 2.17. The molecule has 0 radical (unpaired) electrons. The van der Waals surface area contributed by atoms with Crippen molar-refractivity contribution in [1.29, 1.82) is 0 Å². The summed E-state index contributed by atoms with van der Waals surface area (Å²) in [7, 11) is 0. The SMILES string of the molecule is CC(=O)CC(C(=O)S)N1C(=O)CCC1=O. The summed E-state index contributed by atoms with van der Waals surface area (Å²) in [5.41, 5.74) is 0. The first-order valence-corrected chi connectivity index (χ1v) is 4.95. The smallest absolute Gasteiger partial charge is 0.230 e. The van der Waals surface area contributed by atoms with Gasteiger partial charge < -0.3 is 0 Å². The minimum atomic E-state index is -1.03. The molecule has 1 heterocycles. The molecule has 1 rings (SSSR count). The van der Waals surface area contributed by atoms with E-state index in [-0.39, 0.29) is 25.0 Å². The van der Waals surface area contributed by atoms with Crippen LogP contribution in [-0.4, -0.2) is 33.7 Å². The molecule has 0 aromatic rings. The van der Waals surface area contributed by atoms with Gasteiger partial charge in [-0.3, -0.25) is 24.1 Å². The van der Waals surface area contributed by atoms with E-state index in [1.165, 1.54) is 6.92 Å². The Morgan fingerprint density at radius 2 is 1.80 bits per heavy atom. The Hall–Kier alpha value is -1.17. The van der Waals surface area contributed by atoms with Gasteiger partial charge in [0.2, 0.25) is 16.9 Å². The van der Waals surface area contributed by atoms with Crippen LogP contribution in [0.4, 0.5) is 0 Å². The van der Waals surface area contributed by atoms with Crippen molar-refractivity contribution in [2.75, 3.05) is 0 Å². The first-order valence-electron chi connectivity index (χ1n) is 4.50. The molecule has 1 aliphatic heterocycles. The Morgan fingerprint density at radius 1 is 1.33 bits per heavy atom. The molecule has 1 saturated heterocycles. The molecule has 1 atom stereocenters. The van der Waals surface area contributed by atoms with E-state index in [1.807, 2.05) is 0 Å². The van der Waals surface area contributed by atoms with Crippen molar-refractivity contribution in [3.8, 4) is 0 Å². The number of amides is 2. The van der Waals surface area contributed by atoms with E-state index in [1.54, 1.807) is 0 Å². The Labute approximate surface area is 92.2 Å². The highest BCUT2D eigenvalue weighted by atomic mass is 32.1. The van der Waals surface area contributed by atoms with Crippen LogP contribution in [0.25, 0.3) is 0 Å². The molecule has 15 heavy (non-hydrogen) atoms. The predicted molar refractivity (Wildman–Crippen MR) is 54.2 cm³/mol. The predicted octanol–water partition coefficient (Wildman–Crippen LogP) is -0.0605. The third kappa shape index (κ3) is 2.65. The van der Waals surface area contributed by atoms with Crippen LogP contribution in [0.2, 0.25) is 0 Å². The number of Topliss-reactive ketones (excluding diaryl/α,β-unsaturated/α-hetero) is 1. The zero-order chi connectivity index (χ0) is 11.6. The summed E-state index contributed by atoms with van der Waals surface area (Å²) in [6, 6.07) is -1.03. The van der Waals surface area contributed by atoms with Crippen LogP contribution >= 0.6 is 12.6 Å². The summed E-state index contributed by atoms with van der Waals surface area (Å²) < 4.78 is 0. The minimum absolute atomic E-state index is 0.105. The highest BCUT2D eigenvalue weighted by Gasteiger charge is 2.38. The van der Waals surface area contributed by atoms with Gasteiger partial charge in [0.1, 0.15) is 11.8 Å². The standard InChI is InChI=1S/C9H11NO4S/c1-5(11)4-6(9(14)15)10-7(12)2-3-8(10)13/h6H,2-4H2,1H3,(H,14,15). The van der Waals surface area contributed by atoms with E-state index in [2.05, 4.69) is 12.6 Å². The quantitative estimate of drug-likeness (QED) is 0.541. The third-order valence-corrected chi connectivity index (χ3v) is 2.47. The van der Waals surface area contributed by atoms with Gasteiger partial charge in [-0.25, -0.2) is 0 Å². The van der Waals surface area contributed by atoms with Crippen molar-refractivity contribution in [2.24, 2.45) is 0 Å². The number of rotatable bonds is 4. The molecule has 1 unspecified atom stereocenters. The second-order valence-corrected chi connectivity index (χ2v) is 3.86. The first kappa shape index (κ1) is 11.9. The molecule has 1 fully saturated rings. The van der Waals surface area contributed by atoms with Crippen molar-refractivity contribution >= 4 is 35.3 Å². The van der Waals surface area contributed by atoms with Gasteiger partial charge in [0.05, 0.1) is 0 Å². The second-order valence-electron chi connectivity index (χ2n) is 3.42. The molecule has 0 aromatic heterocycles. The molecule has 2 amide bonds. The van der Waals surface area contributed by atoms with Crippen molar-refractivity contribution in [3.05, 3.63) is 0 Å². The number of thiol groups is 1. The van der Waals surface area contributed by atoms with Gasteiger partial charge in [-0.2, -0.15) is 0 Å². The van der Waals surface area contributed by atoms with E-state index in [4.69, 9.17) is 0 Å². The summed E-state index contributed by atoms with van der Waals surface area (Å²) in [6.45, 7) is 1.30. The van der Waals surface area contributed by atoms with Crippen molar-refractivity contribution < 1.29 is 19.2 Å². The van der Waals surface area contributed by atoms with Crippen LogP contribution < -0.4 is 0 Å². The van der Waals surface area contributed by atoms with Gasteiger partial charge in [0.15, 0.2) is 0 Å². The molecule has 82 valence electrons. The maximum Gasteiger partial charge on any atom is 0.230 e. The number of ketones is 1. The number of likely N-dealkylation sites (tertiary alicyclic amines) is 1. The number of carbonyl (C=O) groups is 4. The molecule has 6 heteroatoms. The monoisotopic (exact) mass is 229 g/mol. The average molecular weight is 229 g/mol. The fourth-order valence-electron chi connectivity index (χ4n) is 1.50. The molecular weight excluding hydrogens is 218 g/mol. The molecule has 0 aromatic carbocycles. The first-order chi connectivity index (χ1) is 6.93. The zero-order valence-electron chi connectivity index (χ0n) is 8.23. The van der Waals surface area contributed by atoms with Crippen LogP contribution in [0, 0.1) is 0 Å². The Bertz CT molecular complexity index is 323. The number of nitrogens with zero attached hydrogens (tertiary/aromatic N) is 1. The van der Waals surface area contributed by atoms with Crippen LogP contribution in [0.15, 0.2) is 0 Å².